The van der Waals surface area contributed by atoms with E-state index in [0.29, 0.717) is 39.5 Å². The minimum Gasteiger partial charge on any atom is -0.489 e. The molecule has 4 aromatic rings. The molecule has 0 aliphatic carbocycles. The molecule has 2 aromatic carbocycles. The molecule has 0 saturated carbocycles. The monoisotopic (exact) mass is 484 g/mol. The topological polar surface area (TPSA) is 82.2 Å². The number of benzene rings is 2. The lowest BCUT2D eigenvalue weighted by atomic mass is 10.2. The van der Waals surface area contributed by atoms with Crippen LogP contribution in [0.4, 0.5) is 5.82 Å². The summed E-state index contributed by atoms with van der Waals surface area (Å²) in [6, 6.07) is 14.9. The fourth-order valence-corrected chi connectivity index (χ4v) is 3.64. The van der Waals surface area contributed by atoms with E-state index in [1.165, 1.54) is 0 Å². The van der Waals surface area contributed by atoms with Gasteiger partial charge >= 0.3 is 0 Å². The Balaban J connectivity index is 1.46. The molecule has 0 atom stereocenters. The number of carbonyl (C=O) groups excluding carboxylic acids is 1. The summed E-state index contributed by atoms with van der Waals surface area (Å²) in [7, 11) is 0. The average Bonchev–Trinajstić information content (AvgIpc) is 3.31. The van der Waals surface area contributed by atoms with Crippen LogP contribution in [0.3, 0.4) is 0 Å². The smallest absolute Gasteiger partial charge is 0.279 e. The van der Waals surface area contributed by atoms with Gasteiger partial charge in [-0.3, -0.25) is 9.48 Å². The summed E-state index contributed by atoms with van der Waals surface area (Å²) in [5.74, 6) is 1.21. The van der Waals surface area contributed by atoms with Crippen molar-refractivity contribution in [3.05, 3.63) is 92.4 Å². The van der Waals surface area contributed by atoms with Gasteiger partial charge in [-0.2, -0.15) is 5.10 Å². The first-order valence-corrected chi connectivity index (χ1v) is 11.0. The predicted octanol–water partition coefficient (Wildman–Crippen LogP) is 5.98. The molecular formula is C24H22Cl2N4O3. The highest BCUT2D eigenvalue weighted by atomic mass is 35.5. The first-order valence-electron chi connectivity index (χ1n) is 10.2. The Bertz CT molecular complexity index is 1310. The Labute approximate surface area is 201 Å². The van der Waals surface area contributed by atoms with Gasteiger partial charge in [0.25, 0.3) is 5.91 Å². The fraction of sp³-hybridized carbons (Fsp3) is 0.208. The fourth-order valence-electron chi connectivity index (χ4n) is 3.32. The first kappa shape index (κ1) is 22.9. The normalized spacial score (nSPS) is 10.9. The van der Waals surface area contributed by atoms with Gasteiger partial charge in [0, 0.05) is 11.8 Å². The third-order valence-corrected chi connectivity index (χ3v) is 5.85. The van der Waals surface area contributed by atoms with Crippen LogP contribution in [0, 0.1) is 20.8 Å². The van der Waals surface area contributed by atoms with E-state index in [1.54, 1.807) is 29.8 Å². The summed E-state index contributed by atoms with van der Waals surface area (Å²) in [5, 5.41) is 12.2. The lowest BCUT2D eigenvalue weighted by molar-refractivity contribution is 0.101. The number of rotatable bonds is 7. The number of aromatic nitrogens is 3. The van der Waals surface area contributed by atoms with Gasteiger partial charge in [0.1, 0.15) is 18.1 Å². The zero-order chi connectivity index (χ0) is 23.5. The van der Waals surface area contributed by atoms with Gasteiger partial charge in [0.05, 0.1) is 22.2 Å². The summed E-state index contributed by atoms with van der Waals surface area (Å²) in [4.78, 5) is 12.9. The molecule has 0 spiro atoms. The number of ether oxygens (including phenoxy) is 1. The summed E-state index contributed by atoms with van der Waals surface area (Å²) >= 11 is 12.1. The third-order valence-electron chi connectivity index (χ3n) is 5.11. The number of carbonyl (C=O) groups is 1. The third kappa shape index (κ3) is 5.38. The number of hydrogen-bond donors (Lipinski definition) is 1. The van der Waals surface area contributed by atoms with Gasteiger partial charge in [0.15, 0.2) is 11.5 Å². The molecule has 4 rings (SSSR count). The van der Waals surface area contributed by atoms with Crippen LogP contribution < -0.4 is 10.1 Å². The molecule has 0 radical (unpaired) electrons. The molecule has 170 valence electrons. The Hall–Kier alpha value is -3.29. The Morgan fingerprint density at radius 3 is 2.67 bits per heavy atom. The minimum absolute atomic E-state index is 0.159. The molecule has 1 amide bonds. The number of anilines is 1. The van der Waals surface area contributed by atoms with Crippen LogP contribution in [0.15, 0.2) is 53.1 Å². The molecule has 9 heteroatoms. The van der Waals surface area contributed by atoms with Gasteiger partial charge in [-0.05, 0) is 56.2 Å². The van der Waals surface area contributed by atoms with E-state index in [4.69, 9.17) is 32.5 Å². The van der Waals surface area contributed by atoms with Crippen molar-refractivity contribution < 1.29 is 14.1 Å². The standard InChI is InChI=1S/C24H22Cl2N4O3/c1-14-5-4-6-18(9-14)32-13-19-16(3)33-29-23(19)24(31)27-22-10-15(2)30(28-22)12-17-7-8-20(25)21(26)11-17/h4-11H,12-13H2,1-3H3,(H,27,28,31). The Morgan fingerprint density at radius 2 is 1.91 bits per heavy atom. The number of amides is 1. The van der Waals surface area contributed by atoms with Crippen LogP contribution in [-0.2, 0) is 13.2 Å². The van der Waals surface area contributed by atoms with E-state index < -0.39 is 5.91 Å². The number of hydrogen-bond acceptors (Lipinski definition) is 5. The molecule has 0 fully saturated rings. The Kier molecular flexibility index (Phi) is 6.72. The van der Waals surface area contributed by atoms with Crippen molar-refractivity contribution in [1.29, 1.82) is 0 Å². The van der Waals surface area contributed by atoms with Gasteiger partial charge in [0.2, 0.25) is 0 Å². The van der Waals surface area contributed by atoms with E-state index >= 15 is 0 Å². The molecule has 0 aliphatic rings. The molecule has 0 unspecified atom stereocenters. The van der Waals surface area contributed by atoms with Crippen molar-refractivity contribution in [2.24, 2.45) is 0 Å². The van der Waals surface area contributed by atoms with Crippen LogP contribution in [0.25, 0.3) is 0 Å². The largest absolute Gasteiger partial charge is 0.489 e. The molecule has 7 nitrogen and oxygen atoms in total. The van der Waals surface area contributed by atoms with Crippen molar-refractivity contribution >= 4 is 34.9 Å². The van der Waals surface area contributed by atoms with Gasteiger partial charge < -0.3 is 14.6 Å². The molecule has 2 heterocycles. The maximum absolute atomic E-state index is 12.9. The van der Waals surface area contributed by atoms with Gasteiger partial charge in [-0.1, -0.05) is 46.6 Å². The van der Waals surface area contributed by atoms with Crippen LogP contribution in [0.1, 0.15) is 38.6 Å². The molecule has 33 heavy (non-hydrogen) atoms. The van der Waals surface area contributed by atoms with E-state index in [9.17, 15) is 4.79 Å². The van der Waals surface area contributed by atoms with Crippen molar-refractivity contribution in [3.63, 3.8) is 0 Å². The maximum Gasteiger partial charge on any atom is 0.279 e. The second-order valence-electron chi connectivity index (χ2n) is 7.70. The highest BCUT2D eigenvalue weighted by Gasteiger charge is 2.21. The molecule has 0 aliphatic heterocycles. The van der Waals surface area contributed by atoms with Gasteiger partial charge in [-0.15, -0.1) is 0 Å². The summed E-state index contributed by atoms with van der Waals surface area (Å²) in [6.07, 6.45) is 0. The molecule has 0 saturated heterocycles. The van der Waals surface area contributed by atoms with Crippen LogP contribution in [0.5, 0.6) is 5.75 Å². The van der Waals surface area contributed by atoms with E-state index in [2.05, 4.69) is 15.6 Å². The average molecular weight is 485 g/mol. The summed E-state index contributed by atoms with van der Waals surface area (Å²) < 4.78 is 12.9. The van der Waals surface area contributed by atoms with Crippen LogP contribution in [-0.4, -0.2) is 20.8 Å². The van der Waals surface area contributed by atoms with Crippen LogP contribution >= 0.6 is 23.2 Å². The van der Waals surface area contributed by atoms with Crippen molar-refractivity contribution in [1.82, 2.24) is 14.9 Å². The number of halogens is 2. The SMILES string of the molecule is Cc1cccc(OCc2c(C(=O)Nc3cc(C)n(Cc4ccc(Cl)c(Cl)c4)n3)noc2C)c1. The number of nitrogens with one attached hydrogen (secondary N) is 1. The van der Waals surface area contributed by atoms with Crippen molar-refractivity contribution in [3.8, 4) is 5.75 Å². The summed E-state index contributed by atoms with van der Waals surface area (Å²) in [5.41, 5.74) is 3.64. The molecule has 0 bridgehead atoms. The predicted molar refractivity (Wildman–Crippen MR) is 127 cm³/mol. The van der Waals surface area contributed by atoms with E-state index in [-0.39, 0.29) is 12.3 Å². The zero-order valence-corrected chi connectivity index (χ0v) is 19.9. The van der Waals surface area contributed by atoms with Crippen molar-refractivity contribution in [2.75, 3.05) is 5.32 Å². The lowest BCUT2D eigenvalue weighted by Crippen LogP contribution is -2.16. The number of nitrogens with zero attached hydrogens (tertiary/aromatic N) is 3. The van der Waals surface area contributed by atoms with Gasteiger partial charge in [-0.25, -0.2) is 0 Å². The molecule has 1 N–H and O–H groups in total. The second kappa shape index (κ2) is 9.68. The highest BCUT2D eigenvalue weighted by Crippen LogP contribution is 2.24. The maximum atomic E-state index is 12.9. The highest BCUT2D eigenvalue weighted by molar-refractivity contribution is 6.42. The lowest BCUT2D eigenvalue weighted by Gasteiger charge is -2.07. The zero-order valence-electron chi connectivity index (χ0n) is 18.4. The Morgan fingerprint density at radius 1 is 1.09 bits per heavy atom. The van der Waals surface area contributed by atoms with Crippen molar-refractivity contribution in [2.45, 2.75) is 33.9 Å². The number of aryl methyl sites for hydroxylation is 3. The summed E-state index contributed by atoms with van der Waals surface area (Å²) in [6.45, 7) is 6.28. The minimum atomic E-state index is -0.422. The van der Waals surface area contributed by atoms with E-state index in [0.717, 1.165) is 16.8 Å². The quantitative estimate of drug-likeness (QED) is 0.348. The molecule has 2 aromatic heterocycles. The first-order chi connectivity index (χ1) is 15.8. The van der Waals surface area contributed by atoms with Crippen LogP contribution in [0.2, 0.25) is 10.0 Å². The molecular weight excluding hydrogens is 463 g/mol. The second-order valence-corrected chi connectivity index (χ2v) is 8.52. The van der Waals surface area contributed by atoms with E-state index in [1.807, 2.05) is 44.2 Å².